The highest BCUT2D eigenvalue weighted by Crippen LogP contribution is 2.38. The van der Waals surface area contributed by atoms with E-state index >= 15 is 0 Å². The first-order valence-electron chi connectivity index (χ1n) is 45.5. The normalized spacial score (nSPS) is 27.0. The first-order chi connectivity index (χ1) is 61.2. The molecule has 6 aliphatic heterocycles. The van der Waals surface area contributed by atoms with Gasteiger partial charge in [0, 0.05) is 167 Å². The molecule has 0 spiro atoms. The van der Waals surface area contributed by atoms with E-state index in [0.29, 0.717) is 213 Å². The standard InChI is InChI=1S/C94H128N16O17/c1-58-14-10-9-11-15-59(2)79(121-7)50-71-23-17-60(3)87(124-71)86(117)90(118)109-31-13-12-16-73(109)91(119)125-70(49-74(111)62(5)45-63(6)76(113)51-75(112)61(4)44-58)24-19-64-20-25-78(80(47-64)122-8)127-94(120)99-54-66-52-97-93(98-53-66)107-39-37-106(38-40-107)83(116)30-42-123-43-41-104-33-35-105(36-34-104)81(114)27-28-82(115)108-32-29-67-46-65(18-21-69(67)56-108)55-110-89-84(88(95)100-57-101-89)85(103-110)68-22-26-77-72(48-68)102-92(96)126-77/h9-11,14-15,18,21-22,26,45-46,48,52-53,57-58,60-62,64,70-71,73-74,76,78-80,87,111,113H,12-13,16-17,19-20,23-25,27-44,47,49-51,54-56H2,1-8H3,(H2,96,102)(H,99,120)(H2,95,100,101)/b11-9?,14-10+,59-15?,63-45+/t58-,60-,61-,62-,64-,70-,71?,73+,74-,76+,78-,79+,80-,87?/m1/s1. The van der Waals surface area contributed by atoms with Gasteiger partial charge in [-0.3, -0.25) is 33.7 Å². The number of anilines is 3. The Balaban J connectivity index is 0.507. The van der Waals surface area contributed by atoms with E-state index < -0.39 is 72.3 Å². The largest absolute Gasteiger partial charge is 0.461 e. The van der Waals surface area contributed by atoms with Gasteiger partial charge in [-0.2, -0.15) is 10.1 Å². The number of piperidine rings is 1. The van der Waals surface area contributed by atoms with Gasteiger partial charge in [0.15, 0.2) is 11.2 Å². The van der Waals surface area contributed by atoms with Crippen molar-refractivity contribution in [2.24, 2.45) is 29.6 Å². The van der Waals surface area contributed by atoms with Crippen molar-refractivity contribution < 1.29 is 81.4 Å². The number of carbonyl (C=O) groups is 8. The summed E-state index contributed by atoms with van der Waals surface area (Å²) in [6, 6.07) is 10.8. The number of fused-ring (bicyclic) bond motifs is 6. The summed E-state index contributed by atoms with van der Waals surface area (Å²) in [4.78, 5) is 144. The Labute approximate surface area is 742 Å². The molecule has 2 unspecified atom stereocenters. The Hall–Kier alpha value is -10.4. The number of benzene rings is 2. The first kappa shape index (κ1) is 94.2. The van der Waals surface area contributed by atoms with Crippen molar-refractivity contribution in [1.82, 2.24) is 64.5 Å². The number of nitrogens with two attached hydrogens (primary N) is 2. The zero-order valence-corrected chi connectivity index (χ0v) is 74.8. The van der Waals surface area contributed by atoms with Crippen molar-refractivity contribution in [3.63, 3.8) is 0 Å². The molecule has 2 bridgehead atoms. The van der Waals surface area contributed by atoms with Gasteiger partial charge in [0.05, 0.1) is 62.1 Å². The molecule has 7 aliphatic rings. The smallest absolute Gasteiger partial charge is 0.407 e. The molecule has 5 amide bonds. The molecular formula is C94H128N16O17. The summed E-state index contributed by atoms with van der Waals surface area (Å²) >= 11 is 0. The molecule has 2 aromatic carbocycles. The van der Waals surface area contributed by atoms with E-state index in [-0.39, 0.29) is 124 Å². The maximum absolute atomic E-state index is 14.6. The molecule has 10 heterocycles. The third kappa shape index (κ3) is 24.9. The summed E-state index contributed by atoms with van der Waals surface area (Å²) in [7, 11) is 3.22. The van der Waals surface area contributed by atoms with Crippen LogP contribution in [0.25, 0.3) is 33.4 Å². The number of aliphatic hydroxyl groups is 2. The highest BCUT2D eigenvalue weighted by molar-refractivity contribution is 6.38. The van der Waals surface area contributed by atoms with Gasteiger partial charge >= 0.3 is 12.1 Å². The van der Waals surface area contributed by atoms with Crippen molar-refractivity contribution in [2.45, 2.75) is 232 Å². The van der Waals surface area contributed by atoms with Crippen LogP contribution in [0.3, 0.4) is 0 Å². The zero-order valence-electron chi connectivity index (χ0n) is 74.8. The summed E-state index contributed by atoms with van der Waals surface area (Å²) in [5, 5.41) is 31.7. The van der Waals surface area contributed by atoms with E-state index in [9.17, 15) is 48.6 Å². The SMILES string of the molecule is CO[C@H]1CC2CC[C@@H](C)C(O2)C(=O)C(=O)N2CCCC[C@H]2C(=O)O[C@H](CC[C@@H]2CC[C@@H](OC(=O)NCc3cnc(N4CCN(C(=O)CCOCCN5CCN(C(=O)CCC(=O)N6CCc7cc(Cn8nc(-c9ccc%10oc(N)nc%10c9)c9c(N)ncnc98)ccc7C6)CC5)CC4)nc3)[C@H](OC)C2)C[C@@H](O)[C@H](C)/C=C(\C)[C@@H](O)CC(=O)[C@H](C)C[C@H](C)/C=C/C=CC=C1C. The van der Waals surface area contributed by atoms with E-state index in [4.69, 9.17) is 49.4 Å². The number of nitrogens with zero attached hydrogens (tertiary/aromatic N) is 13. The fourth-order valence-corrected chi connectivity index (χ4v) is 18.7. The molecule has 4 aromatic heterocycles. The minimum atomic E-state index is -1.07. The fraction of sp³-hybridized carbons (Fsp3) is 0.596. The van der Waals surface area contributed by atoms with E-state index in [1.165, 1.54) is 11.2 Å². The average Bonchev–Trinajstić information content (AvgIpc) is 1.61. The predicted molar refractivity (Wildman–Crippen MR) is 476 cm³/mol. The molecule has 6 aromatic rings. The van der Waals surface area contributed by atoms with Crippen LogP contribution in [0.4, 0.5) is 22.6 Å². The quantitative estimate of drug-likeness (QED) is 0.0194. The average molecular weight is 1750 g/mol. The molecule has 13 rings (SSSR count). The molecule has 1 aliphatic carbocycles. The van der Waals surface area contributed by atoms with Gasteiger partial charge in [-0.25, -0.2) is 34.2 Å². The third-order valence-corrected chi connectivity index (χ3v) is 26.5. The zero-order chi connectivity index (χ0) is 90.0. The Kier molecular flexibility index (Phi) is 33.0. The number of nitrogens with one attached hydrogen (secondary N) is 1. The van der Waals surface area contributed by atoms with Crippen molar-refractivity contribution in [3.8, 4) is 11.3 Å². The van der Waals surface area contributed by atoms with E-state index in [1.807, 2.05) is 107 Å². The number of oxazole rings is 1. The van der Waals surface area contributed by atoms with Crippen LogP contribution in [0.15, 0.2) is 107 Å². The lowest BCUT2D eigenvalue weighted by Crippen LogP contribution is -2.55. The minimum absolute atomic E-state index is 0.00568. The third-order valence-electron chi connectivity index (χ3n) is 26.5. The van der Waals surface area contributed by atoms with Crippen molar-refractivity contribution in [1.29, 1.82) is 0 Å². The summed E-state index contributed by atoms with van der Waals surface area (Å²) in [5.74, 6) is -2.39. The van der Waals surface area contributed by atoms with Gasteiger partial charge in [0.1, 0.15) is 53.5 Å². The lowest BCUT2D eigenvalue weighted by Gasteiger charge is -2.38. The van der Waals surface area contributed by atoms with Crippen molar-refractivity contribution in [2.75, 3.05) is 116 Å². The second kappa shape index (κ2) is 44.5. The number of Topliss-reactive ketones (excluding diaryl/α,β-unsaturated/α-hetero) is 2. The van der Waals surface area contributed by atoms with E-state index in [2.05, 4.69) is 47.3 Å². The number of ether oxygens (including phenoxy) is 6. The number of aromatic nitrogens is 7. The highest BCUT2D eigenvalue weighted by atomic mass is 16.6. The number of aliphatic hydroxyl groups excluding tert-OH is 2. The predicted octanol–water partition coefficient (Wildman–Crippen LogP) is 9.23. The Morgan fingerprint density at radius 1 is 0.701 bits per heavy atom. The summed E-state index contributed by atoms with van der Waals surface area (Å²) in [6.07, 6.45) is 17.7. The number of amides is 5. The number of ketones is 2. The number of piperazine rings is 2. The Morgan fingerprint density at radius 3 is 2.22 bits per heavy atom. The monoisotopic (exact) mass is 1750 g/mol. The molecular weight excluding hydrogens is 1630 g/mol. The number of hydrogen-bond acceptors (Lipinski definition) is 27. The van der Waals surface area contributed by atoms with Gasteiger partial charge in [-0.05, 0) is 155 Å². The summed E-state index contributed by atoms with van der Waals surface area (Å²) < 4.78 is 44.0. The number of hydrogen-bond donors (Lipinski definition) is 5. The van der Waals surface area contributed by atoms with Gasteiger partial charge in [0.25, 0.3) is 11.9 Å². The molecule has 33 nitrogen and oxygen atoms in total. The number of cyclic esters (lactones) is 1. The van der Waals surface area contributed by atoms with Gasteiger partial charge in [-0.15, -0.1) is 0 Å². The van der Waals surface area contributed by atoms with Gasteiger partial charge < -0.3 is 84.3 Å². The van der Waals surface area contributed by atoms with Crippen LogP contribution in [-0.4, -0.2) is 271 Å². The van der Waals surface area contributed by atoms with Crippen LogP contribution < -0.4 is 21.7 Å². The van der Waals surface area contributed by atoms with Gasteiger partial charge in [0.2, 0.25) is 29.5 Å². The van der Waals surface area contributed by atoms with E-state index in [1.54, 1.807) is 45.7 Å². The number of rotatable bonds is 21. The van der Waals surface area contributed by atoms with Crippen molar-refractivity contribution in [3.05, 3.63) is 125 Å². The maximum Gasteiger partial charge on any atom is 0.407 e. The van der Waals surface area contributed by atoms with Crippen LogP contribution in [0, 0.1) is 29.6 Å². The summed E-state index contributed by atoms with van der Waals surface area (Å²) in [6.45, 7) is 19.1. The van der Waals surface area contributed by atoms with E-state index in [0.717, 1.165) is 27.8 Å². The lowest BCUT2D eigenvalue weighted by atomic mass is 9.81. The number of carbonyl (C=O) groups excluding carboxylic acids is 8. The minimum Gasteiger partial charge on any atom is -0.461 e. The molecule has 1 saturated carbocycles. The molecule has 14 atom stereocenters. The molecule has 686 valence electrons. The number of nitrogen functional groups attached to an aromatic ring is 2. The molecule has 127 heavy (non-hydrogen) atoms. The van der Waals surface area contributed by atoms with Crippen LogP contribution >= 0.6 is 0 Å². The maximum atomic E-state index is 14.6. The Bertz CT molecular complexity index is 4940. The number of methoxy groups -OCH3 is 2. The Morgan fingerprint density at radius 2 is 1.46 bits per heavy atom. The van der Waals surface area contributed by atoms with Crippen LogP contribution in [0.5, 0.6) is 0 Å². The van der Waals surface area contributed by atoms with Crippen LogP contribution in [0.2, 0.25) is 0 Å². The van der Waals surface area contributed by atoms with Crippen molar-refractivity contribution >= 4 is 87.2 Å². The molecule has 4 saturated heterocycles. The summed E-state index contributed by atoms with van der Waals surface area (Å²) in [5.41, 5.74) is 20.7. The molecule has 5 fully saturated rings. The number of alkyl carbamates (subject to hydrolysis) is 1. The van der Waals surface area contributed by atoms with Gasteiger partial charge in [-0.1, -0.05) is 82.4 Å². The molecule has 7 N–H and O–H groups in total. The lowest BCUT2D eigenvalue weighted by molar-refractivity contribution is -0.169. The number of esters is 1. The number of allylic oxidation sites excluding steroid dienone is 5. The fourth-order valence-electron chi connectivity index (χ4n) is 18.7. The second-order valence-electron chi connectivity index (χ2n) is 35.7. The first-order valence-corrected chi connectivity index (χ1v) is 45.5. The molecule has 33 heteroatoms. The molecule has 0 radical (unpaired) electrons. The van der Waals surface area contributed by atoms with Crippen LogP contribution in [0.1, 0.15) is 173 Å². The topological polar surface area (TPSA) is 411 Å². The highest BCUT2D eigenvalue weighted by Gasteiger charge is 2.45. The second-order valence-corrected chi connectivity index (χ2v) is 35.7. The van der Waals surface area contributed by atoms with Crippen LogP contribution in [-0.2, 0) is 88.0 Å².